The van der Waals surface area contributed by atoms with Gasteiger partial charge in [-0.2, -0.15) is 4.31 Å². The van der Waals surface area contributed by atoms with Gasteiger partial charge in [0, 0.05) is 44.0 Å². The smallest absolute Gasteiger partial charge is 0.323 e. The van der Waals surface area contributed by atoms with Crippen molar-refractivity contribution in [2.45, 2.75) is 70.1 Å². The average molecular weight is 681 g/mol. The van der Waals surface area contributed by atoms with Crippen LogP contribution in [0.1, 0.15) is 56.0 Å². The zero-order chi connectivity index (χ0) is 34.8. The molecule has 12 heteroatoms. The molecule has 260 valence electrons. The Bertz CT molecular complexity index is 1620. The number of rotatable bonds is 8. The van der Waals surface area contributed by atoms with E-state index in [4.69, 9.17) is 9.47 Å². The van der Waals surface area contributed by atoms with Crippen LogP contribution in [0.15, 0.2) is 77.7 Å². The van der Waals surface area contributed by atoms with Crippen LogP contribution in [0.5, 0.6) is 5.75 Å². The molecule has 0 saturated heterocycles. The Balaban J connectivity index is 1.62. The minimum Gasteiger partial charge on any atom is -0.490 e. The van der Waals surface area contributed by atoms with Gasteiger partial charge in [-0.05, 0) is 82.5 Å². The van der Waals surface area contributed by atoms with Crippen molar-refractivity contribution in [3.8, 4) is 5.75 Å². The zero-order valence-electron chi connectivity index (χ0n) is 28.4. The lowest BCUT2D eigenvalue weighted by Gasteiger charge is -2.35. The average Bonchev–Trinajstić information content (AvgIpc) is 3.06. The molecule has 3 aromatic rings. The number of sulfonamides is 1. The Morgan fingerprint density at radius 3 is 2.40 bits per heavy atom. The van der Waals surface area contributed by atoms with E-state index >= 15 is 0 Å². The van der Waals surface area contributed by atoms with E-state index in [-0.39, 0.29) is 42.2 Å². The standard InChI is InChI=1S/C36H48N4O7S/c1-25-14-17-31(18-15-25)48(44,45)39(5)23-34-26(2)22-40(27(3)24-41)35(42)32-21-30(38-36(43)37-29-12-7-6-8-13-29)16-19-33(32)47-28(4)11-9-10-20-46-34/h6-8,12-19,21,26-28,34,41H,9-11,20,22-24H2,1-5H3,(H2,37,38,43)/t26-,27-,28+,34-/m1/s1. The highest BCUT2D eigenvalue weighted by molar-refractivity contribution is 7.89. The summed E-state index contributed by atoms with van der Waals surface area (Å²) in [4.78, 5) is 28.9. The summed E-state index contributed by atoms with van der Waals surface area (Å²) >= 11 is 0. The van der Waals surface area contributed by atoms with Gasteiger partial charge in [-0.1, -0.05) is 42.8 Å². The molecule has 0 radical (unpaired) electrons. The third-order valence-corrected chi connectivity index (χ3v) is 10.3. The van der Waals surface area contributed by atoms with Gasteiger partial charge in [-0.25, -0.2) is 13.2 Å². The Labute approximate surface area is 284 Å². The van der Waals surface area contributed by atoms with E-state index in [9.17, 15) is 23.1 Å². The van der Waals surface area contributed by atoms with Crippen molar-refractivity contribution < 1.29 is 32.6 Å². The number of para-hydroxylation sites is 1. The van der Waals surface area contributed by atoms with Gasteiger partial charge in [0.05, 0.1) is 35.3 Å². The summed E-state index contributed by atoms with van der Waals surface area (Å²) in [5.41, 5.74) is 2.21. The summed E-state index contributed by atoms with van der Waals surface area (Å²) in [6.45, 7) is 7.87. The minimum absolute atomic E-state index is 0.0770. The largest absolute Gasteiger partial charge is 0.490 e. The van der Waals surface area contributed by atoms with Crippen LogP contribution < -0.4 is 15.4 Å². The molecule has 1 heterocycles. The number of aliphatic hydroxyl groups is 1. The monoisotopic (exact) mass is 680 g/mol. The number of carbonyl (C=O) groups is 2. The third kappa shape index (κ3) is 9.79. The predicted octanol–water partition coefficient (Wildman–Crippen LogP) is 5.76. The Hall–Kier alpha value is -3.97. The van der Waals surface area contributed by atoms with Crippen molar-refractivity contribution >= 4 is 33.3 Å². The second-order valence-electron chi connectivity index (χ2n) is 12.6. The van der Waals surface area contributed by atoms with Crippen molar-refractivity contribution in [2.75, 3.05) is 44.0 Å². The molecule has 0 fully saturated rings. The molecule has 11 nitrogen and oxygen atoms in total. The Morgan fingerprint density at radius 1 is 1.02 bits per heavy atom. The molecular formula is C36H48N4O7S. The maximum atomic E-state index is 14.3. The van der Waals surface area contributed by atoms with Gasteiger partial charge in [-0.15, -0.1) is 0 Å². The number of hydrogen-bond acceptors (Lipinski definition) is 7. The summed E-state index contributed by atoms with van der Waals surface area (Å²) in [6, 6.07) is 19.6. The van der Waals surface area contributed by atoms with E-state index in [0.29, 0.717) is 30.2 Å². The Morgan fingerprint density at radius 2 is 1.71 bits per heavy atom. The number of carbonyl (C=O) groups excluding carboxylic acids is 2. The number of nitrogens with zero attached hydrogens (tertiary/aromatic N) is 2. The molecular weight excluding hydrogens is 632 g/mol. The molecule has 0 saturated carbocycles. The number of benzene rings is 3. The van der Waals surface area contributed by atoms with Gasteiger partial charge in [0.25, 0.3) is 5.91 Å². The van der Waals surface area contributed by atoms with E-state index < -0.39 is 34.1 Å². The highest BCUT2D eigenvalue weighted by atomic mass is 32.2. The number of aliphatic hydroxyl groups excluding tert-OH is 1. The summed E-state index contributed by atoms with van der Waals surface area (Å²) in [6.07, 6.45) is 1.49. The quantitative estimate of drug-likeness (QED) is 0.275. The molecule has 3 N–H and O–H groups in total. The maximum absolute atomic E-state index is 14.3. The fraction of sp³-hybridized carbons (Fsp3) is 0.444. The molecule has 4 atom stereocenters. The van der Waals surface area contributed by atoms with Gasteiger partial charge in [0.15, 0.2) is 0 Å². The van der Waals surface area contributed by atoms with Gasteiger partial charge in [-0.3, -0.25) is 4.79 Å². The first-order chi connectivity index (χ1) is 22.9. The van der Waals surface area contributed by atoms with Crippen LogP contribution in [-0.2, 0) is 14.8 Å². The first kappa shape index (κ1) is 36.9. The highest BCUT2D eigenvalue weighted by Gasteiger charge is 2.32. The number of anilines is 2. The van der Waals surface area contributed by atoms with Crippen molar-refractivity contribution in [2.24, 2.45) is 5.92 Å². The molecule has 1 aliphatic heterocycles. The van der Waals surface area contributed by atoms with Crippen LogP contribution in [0.4, 0.5) is 16.2 Å². The van der Waals surface area contributed by atoms with Crippen LogP contribution in [0.2, 0.25) is 0 Å². The van der Waals surface area contributed by atoms with Crippen LogP contribution in [-0.4, -0.2) is 86.3 Å². The molecule has 0 bridgehead atoms. The molecule has 1 aliphatic rings. The minimum atomic E-state index is -3.79. The molecule has 48 heavy (non-hydrogen) atoms. The summed E-state index contributed by atoms with van der Waals surface area (Å²) < 4.78 is 40.8. The SMILES string of the molecule is Cc1ccc(S(=O)(=O)N(C)C[C@H]2OCCCC[C@H](C)Oc3ccc(NC(=O)Nc4ccccc4)cc3C(=O)N([C@H](C)CO)C[C@H]2C)cc1. The van der Waals surface area contributed by atoms with Crippen LogP contribution in [0, 0.1) is 12.8 Å². The van der Waals surface area contributed by atoms with E-state index in [0.717, 1.165) is 18.4 Å². The van der Waals surface area contributed by atoms with Crippen LogP contribution in [0.3, 0.4) is 0 Å². The lowest BCUT2D eigenvalue weighted by atomic mass is 10.0. The number of hydrogen-bond donors (Lipinski definition) is 3. The van der Waals surface area contributed by atoms with Gasteiger partial charge >= 0.3 is 6.03 Å². The molecule has 0 aromatic heterocycles. The van der Waals surface area contributed by atoms with Crippen molar-refractivity contribution in [1.29, 1.82) is 0 Å². The van der Waals surface area contributed by atoms with E-state index in [2.05, 4.69) is 10.6 Å². The fourth-order valence-electron chi connectivity index (χ4n) is 5.52. The number of amides is 3. The molecule has 0 unspecified atom stereocenters. The van der Waals surface area contributed by atoms with Crippen molar-refractivity contribution in [1.82, 2.24) is 9.21 Å². The molecule has 3 aromatic carbocycles. The summed E-state index contributed by atoms with van der Waals surface area (Å²) in [5, 5.41) is 15.8. The zero-order valence-corrected chi connectivity index (χ0v) is 29.2. The Kier molecular flexibility index (Phi) is 13.0. The first-order valence-electron chi connectivity index (χ1n) is 16.4. The molecule has 4 rings (SSSR count). The molecule has 0 spiro atoms. The number of urea groups is 1. The normalized spacial score (nSPS) is 20.3. The van der Waals surface area contributed by atoms with E-state index in [1.54, 1.807) is 66.4 Å². The molecule has 0 aliphatic carbocycles. The number of fused-ring (bicyclic) bond motifs is 1. The third-order valence-electron chi connectivity index (χ3n) is 8.51. The second-order valence-corrected chi connectivity index (χ2v) is 14.6. The van der Waals surface area contributed by atoms with Gasteiger partial charge in [0.1, 0.15) is 5.75 Å². The summed E-state index contributed by atoms with van der Waals surface area (Å²) in [7, 11) is -2.25. The summed E-state index contributed by atoms with van der Waals surface area (Å²) in [5.74, 6) is -0.338. The van der Waals surface area contributed by atoms with E-state index in [1.165, 1.54) is 11.4 Å². The first-order valence-corrected chi connectivity index (χ1v) is 17.8. The van der Waals surface area contributed by atoms with Crippen molar-refractivity contribution in [3.05, 3.63) is 83.9 Å². The fourth-order valence-corrected chi connectivity index (χ4v) is 6.70. The molecule has 3 amide bonds. The van der Waals surface area contributed by atoms with Crippen LogP contribution >= 0.6 is 0 Å². The van der Waals surface area contributed by atoms with Gasteiger partial charge in [0.2, 0.25) is 10.0 Å². The van der Waals surface area contributed by atoms with Crippen molar-refractivity contribution in [3.63, 3.8) is 0 Å². The predicted molar refractivity (Wildman–Crippen MR) is 187 cm³/mol. The van der Waals surface area contributed by atoms with E-state index in [1.807, 2.05) is 39.0 Å². The lowest BCUT2D eigenvalue weighted by Crippen LogP contribution is -2.48. The number of likely N-dealkylation sites (N-methyl/N-ethyl adjacent to an activating group) is 1. The highest BCUT2D eigenvalue weighted by Crippen LogP contribution is 2.29. The number of ether oxygens (including phenoxy) is 2. The second kappa shape index (κ2) is 16.9. The number of nitrogens with one attached hydrogen (secondary N) is 2. The maximum Gasteiger partial charge on any atom is 0.323 e. The lowest BCUT2D eigenvalue weighted by molar-refractivity contribution is -0.00833. The van der Waals surface area contributed by atoms with Gasteiger partial charge < -0.3 is 30.1 Å². The number of aryl methyl sites for hydroxylation is 1. The van der Waals surface area contributed by atoms with Crippen LogP contribution in [0.25, 0.3) is 0 Å². The topological polar surface area (TPSA) is 138 Å².